The molecule has 0 saturated heterocycles. The quantitative estimate of drug-likeness (QED) is 0.365. The van der Waals surface area contributed by atoms with Crippen LogP contribution in [0.2, 0.25) is 0 Å². The summed E-state index contributed by atoms with van der Waals surface area (Å²) >= 11 is 3.03. The number of hydrogen-bond donors (Lipinski definition) is 0. The standard InChI is InChI=1S/C23H23N5OS2/c1-3-20-24-18(15-30-20)14-27(2)21(29)16-31-23-26-25-22(17-10-6-4-7-11-17)28(23)19-12-8-5-9-13-19/h4-13,15H,3,14,16H2,1-2H3. The van der Waals surface area contributed by atoms with Crippen molar-refractivity contribution in [2.45, 2.75) is 25.0 Å². The summed E-state index contributed by atoms with van der Waals surface area (Å²) in [4.78, 5) is 19.0. The summed E-state index contributed by atoms with van der Waals surface area (Å²) < 4.78 is 2.00. The molecule has 2 aromatic heterocycles. The van der Waals surface area contributed by atoms with Gasteiger partial charge >= 0.3 is 0 Å². The van der Waals surface area contributed by atoms with Gasteiger partial charge in [0, 0.05) is 23.7 Å². The zero-order valence-corrected chi connectivity index (χ0v) is 19.1. The van der Waals surface area contributed by atoms with Crippen molar-refractivity contribution in [1.29, 1.82) is 0 Å². The summed E-state index contributed by atoms with van der Waals surface area (Å²) in [5, 5.41) is 12.6. The molecule has 0 fully saturated rings. The minimum Gasteiger partial charge on any atom is -0.339 e. The maximum Gasteiger partial charge on any atom is 0.233 e. The number of carbonyl (C=O) groups is 1. The van der Waals surface area contributed by atoms with Crippen LogP contribution in [0.4, 0.5) is 0 Å². The average molecular weight is 450 g/mol. The first-order valence-electron chi connectivity index (χ1n) is 10.0. The van der Waals surface area contributed by atoms with Gasteiger partial charge in [-0.25, -0.2) is 4.98 Å². The highest BCUT2D eigenvalue weighted by Crippen LogP contribution is 2.28. The molecule has 0 radical (unpaired) electrons. The minimum absolute atomic E-state index is 0.0277. The summed E-state index contributed by atoms with van der Waals surface area (Å²) in [7, 11) is 1.81. The normalized spacial score (nSPS) is 10.9. The Morgan fingerprint density at radius 2 is 1.77 bits per heavy atom. The molecule has 2 heterocycles. The molecule has 4 rings (SSSR count). The summed E-state index contributed by atoms with van der Waals surface area (Å²) in [6.07, 6.45) is 0.914. The highest BCUT2D eigenvalue weighted by Gasteiger charge is 2.18. The van der Waals surface area contributed by atoms with Gasteiger partial charge in [-0.15, -0.1) is 21.5 Å². The van der Waals surface area contributed by atoms with Crippen molar-refractivity contribution in [3.05, 3.63) is 76.7 Å². The van der Waals surface area contributed by atoms with E-state index in [-0.39, 0.29) is 11.7 Å². The third-order valence-corrected chi connectivity index (χ3v) is 6.69. The van der Waals surface area contributed by atoms with Crippen LogP contribution in [0.1, 0.15) is 17.6 Å². The van der Waals surface area contributed by atoms with E-state index in [2.05, 4.69) is 22.1 Å². The van der Waals surface area contributed by atoms with Crippen LogP contribution >= 0.6 is 23.1 Å². The first kappa shape index (κ1) is 21.3. The van der Waals surface area contributed by atoms with Crippen molar-refractivity contribution in [3.63, 3.8) is 0 Å². The number of carbonyl (C=O) groups excluding carboxylic acids is 1. The third kappa shape index (κ3) is 5.03. The van der Waals surface area contributed by atoms with Crippen molar-refractivity contribution in [2.75, 3.05) is 12.8 Å². The Bertz CT molecular complexity index is 1140. The molecule has 158 valence electrons. The lowest BCUT2D eigenvalue weighted by Crippen LogP contribution is -2.28. The summed E-state index contributed by atoms with van der Waals surface area (Å²) in [5.41, 5.74) is 2.87. The van der Waals surface area contributed by atoms with Crippen LogP contribution in [0.5, 0.6) is 0 Å². The number of benzene rings is 2. The van der Waals surface area contributed by atoms with E-state index in [1.165, 1.54) is 11.8 Å². The van der Waals surface area contributed by atoms with Crippen molar-refractivity contribution in [1.82, 2.24) is 24.6 Å². The SMILES string of the molecule is CCc1nc(CN(C)C(=O)CSc2nnc(-c3ccccc3)n2-c2ccccc2)cs1. The number of thiazole rings is 1. The molecule has 0 aliphatic rings. The summed E-state index contributed by atoms with van der Waals surface area (Å²) in [6.45, 7) is 2.59. The Hall–Kier alpha value is -2.97. The predicted molar refractivity (Wildman–Crippen MR) is 125 cm³/mol. The number of nitrogens with zero attached hydrogens (tertiary/aromatic N) is 5. The molecule has 31 heavy (non-hydrogen) atoms. The van der Waals surface area contributed by atoms with Crippen molar-refractivity contribution in [2.24, 2.45) is 0 Å². The molecule has 6 nitrogen and oxygen atoms in total. The van der Waals surface area contributed by atoms with Gasteiger partial charge in [0.2, 0.25) is 5.91 Å². The van der Waals surface area contributed by atoms with Gasteiger partial charge in [0.05, 0.1) is 23.0 Å². The second kappa shape index (κ2) is 9.89. The highest BCUT2D eigenvalue weighted by atomic mass is 32.2. The van der Waals surface area contributed by atoms with Crippen LogP contribution in [0.3, 0.4) is 0 Å². The molecule has 1 amide bonds. The van der Waals surface area contributed by atoms with E-state index in [0.29, 0.717) is 11.7 Å². The maximum atomic E-state index is 12.7. The predicted octanol–water partition coefficient (Wildman–Crippen LogP) is 4.70. The van der Waals surface area contributed by atoms with Gasteiger partial charge in [-0.05, 0) is 18.6 Å². The lowest BCUT2D eigenvalue weighted by molar-refractivity contribution is -0.127. The van der Waals surface area contributed by atoms with Gasteiger partial charge in [0.15, 0.2) is 11.0 Å². The fourth-order valence-electron chi connectivity index (χ4n) is 3.10. The highest BCUT2D eigenvalue weighted by molar-refractivity contribution is 7.99. The van der Waals surface area contributed by atoms with Crippen LogP contribution in [0, 0.1) is 0 Å². The van der Waals surface area contributed by atoms with Crippen LogP contribution in [0.25, 0.3) is 17.1 Å². The Morgan fingerprint density at radius 1 is 1.06 bits per heavy atom. The van der Waals surface area contributed by atoms with E-state index >= 15 is 0 Å². The second-order valence-corrected chi connectivity index (χ2v) is 8.85. The molecule has 0 atom stereocenters. The van der Waals surface area contributed by atoms with E-state index < -0.39 is 0 Å². The second-order valence-electron chi connectivity index (χ2n) is 6.97. The van der Waals surface area contributed by atoms with Crippen LogP contribution in [0.15, 0.2) is 71.2 Å². The van der Waals surface area contributed by atoms with Gasteiger partial charge in [-0.3, -0.25) is 9.36 Å². The van der Waals surface area contributed by atoms with E-state index in [1.54, 1.807) is 16.2 Å². The molecule has 2 aromatic carbocycles. The Labute approximate surface area is 190 Å². The van der Waals surface area contributed by atoms with Gasteiger partial charge in [-0.1, -0.05) is 67.2 Å². The van der Waals surface area contributed by atoms with Gasteiger partial charge < -0.3 is 4.90 Å². The topological polar surface area (TPSA) is 63.9 Å². The van der Waals surface area contributed by atoms with Gasteiger partial charge in [0.1, 0.15) is 0 Å². The van der Waals surface area contributed by atoms with Gasteiger partial charge in [-0.2, -0.15) is 0 Å². The van der Waals surface area contributed by atoms with E-state index in [0.717, 1.165) is 34.2 Å². The number of aromatic nitrogens is 4. The first-order chi connectivity index (χ1) is 15.2. The average Bonchev–Trinajstić information content (AvgIpc) is 3.45. The summed E-state index contributed by atoms with van der Waals surface area (Å²) in [6, 6.07) is 19.9. The van der Waals surface area contributed by atoms with Crippen molar-refractivity contribution < 1.29 is 4.79 Å². The number of thioether (sulfide) groups is 1. The van der Waals surface area contributed by atoms with E-state index in [1.807, 2.05) is 77.7 Å². The smallest absolute Gasteiger partial charge is 0.233 e. The number of hydrogen-bond acceptors (Lipinski definition) is 6. The van der Waals surface area contributed by atoms with Crippen LogP contribution < -0.4 is 0 Å². The third-order valence-electron chi connectivity index (χ3n) is 4.73. The van der Waals surface area contributed by atoms with Gasteiger partial charge in [0.25, 0.3) is 0 Å². The van der Waals surface area contributed by atoms with Crippen LogP contribution in [-0.2, 0) is 17.8 Å². The van der Waals surface area contributed by atoms with E-state index in [9.17, 15) is 4.79 Å². The maximum absolute atomic E-state index is 12.7. The number of aryl methyl sites for hydroxylation is 1. The molecule has 4 aromatic rings. The number of para-hydroxylation sites is 1. The first-order valence-corrected chi connectivity index (χ1v) is 11.9. The van der Waals surface area contributed by atoms with E-state index in [4.69, 9.17) is 0 Å². The molecule has 0 aliphatic heterocycles. The van der Waals surface area contributed by atoms with Crippen molar-refractivity contribution >= 4 is 29.0 Å². The molecular weight excluding hydrogens is 426 g/mol. The molecule has 8 heteroatoms. The molecular formula is C23H23N5OS2. The molecule has 0 bridgehead atoms. The Kier molecular flexibility index (Phi) is 6.79. The number of amides is 1. The molecule has 0 saturated carbocycles. The zero-order chi connectivity index (χ0) is 21.6. The molecule has 0 N–H and O–H groups in total. The summed E-state index contributed by atoms with van der Waals surface area (Å²) in [5.74, 6) is 1.06. The minimum atomic E-state index is 0.0277. The lowest BCUT2D eigenvalue weighted by atomic mass is 10.2. The van der Waals surface area contributed by atoms with Crippen LogP contribution in [-0.4, -0.2) is 43.4 Å². The lowest BCUT2D eigenvalue weighted by Gasteiger charge is -2.16. The molecule has 0 unspecified atom stereocenters. The largest absolute Gasteiger partial charge is 0.339 e. The fourth-order valence-corrected chi connectivity index (χ4v) is 4.73. The Balaban J connectivity index is 1.51. The van der Waals surface area contributed by atoms with Crippen molar-refractivity contribution in [3.8, 4) is 17.1 Å². The molecule has 0 aliphatic carbocycles. The Morgan fingerprint density at radius 3 is 2.45 bits per heavy atom. The monoisotopic (exact) mass is 449 g/mol. The number of rotatable bonds is 8. The zero-order valence-electron chi connectivity index (χ0n) is 17.4. The molecule has 0 spiro atoms. The fraction of sp³-hybridized carbons (Fsp3) is 0.217.